The molecule has 0 saturated carbocycles. The van der Waals surface area contributed by atoms with E-state index in [1.54, 1.807) is 0 Å². The molecule has 0 spiro atoms. The lowest BCUT2D eigenvalue weighted by Crippen LogP contribution is -1.80. The van der Waals surface area contributed by atoms with E-state index in [9.17, 15) is 4.79 Å². The van der Waals surface area contributed by atoms with Crippen LogP contribution in [0.1, 0.15) is 24.8 Å². The molecule has 0 bridgehead atoms. The minimum Gasteiger partial charge on any atom is -0.295 e. The molecule has 0 saturated heterocycles. The number of allylic oxidation sites excluding steroid dienone is 2. The summed E-state index contributed by atoms with van der Waals surface area (Å²) < 4.78 is 20.5. The Morgan fingerprint density at radius 1 is 1.71 bits per heavy atom. The summed E-state index contributed by atoms with van der Waals surface area (Å²) >= 11 is 0. The first-order chi connectivity index (χ1) is 4.34. The highest BCUT2D eigenvalue weighted by molar-refractivity contribution is 5.87. The maximum atomic E-state index is 10.4. The van der Waals surface area contributed by atoms with Crippen LogP contribution in [0.15, 0.2) is 11.6 Å². The quantitative estimate of drug-likeness (QED) is 0.458. The minimum atomic E-state index is -2.12. The Labute approximate surface area is 48.3 Å². The van der Waals surface area contributed by atoms with Gasteiger partial charge in [-0.3, -0.25) is 4.79 Å². The molecular formula is C6H10O. The fourth-order valence-corrected chi connectivity index (χ4v) is 0.305. The molecule has 1 heteroatoms. The second-order valence-electron chi connectivity index (χ2n) is 1.44. The summed E-state index contributed by atoms with van der Waals surface area (Å²) in [5.74, 6) is -0.228. The van der Waals surface area contributed by atoms with E-state index in [1.807, 2.05) is 0 Å². The number of ketones is 1. The molecule has 0 radical (unpaired) electrons. The van der Waals surface area contributed by atoms with E-state index in [1.165, 1.54) is 13.8 Å². The number of hydrogen-bond donors (Lipinski definition) is 0. The Kier molecular flexibility index (Phi) is 0.970. The van der Waals surface area contributed by atoms with Crippen molar-refractivity contribution in [3.8, 4) is 0 Å². The van der Waals surface area contributed by atoms with Gasteiger partial charge in [0.2, 0.25) is 0 Å². The summed E-state index contributed by atoms with van der Waals surface area (Å²) in [5, 5.41) is 0. The van der Waals surface area contributed by atoms with Crippen molar-refractivity contribution in [1.29, 1.82) is 0 Å². The third kappa shape index (κ3) is 5.41. The third-order valence-electron chi connectivity index (χ3n) is 0.420. The molecule has 0 atom stereocenters. The van der Waals surface area contributed by atoms with Crippen LogP contribution in [0.2, 0.25) is 0 Å². The highest BCUT2D eigenvalue weighted by atomic mass is 16.1. The van der Waals surface area contributed by atoms with Crippen LogP contribution in [-0.4, -0.2) is 5.78 Å². The summed E-state index contributed by atoms with van der Waals surface area (Å²) in [7, 11) is 0. The zero-order valence-corrected chi connectivity index (χ0v) is 4.49. The zero-order chi connectivity index (χ0) is 8.36. The number of carbonyl (C=O) groups is 1. The van der Waals surface area contributed by atoms with Crippen LogP contribution in [0.25, 0.3) is 0 Å². The van der Waals surface area contributed by atoms with Gasteiger partial charge < -0.3 is 0 Å². The van der Waals surface area contributed by atoms with E-state index in [-0.39, 0.29) is 11.4 Å². The molecule has 0 aliphatic heterocycles. The second kappa shape index (κ2) is 2.56. The van der Waals surface area contributed by atoms with Crippen LogP contribution in [0.4, 0.5) is 0 Å². The van der Waals surface area contributed by atoms with Gasteiger partial charge in [0.25, 0.3) is 0 Å². The zero-order valence-electron chi connectivity index (χ0n) is 7.49. The minimum absolute atomic E-state index is 0.139. The van der Waals surface area contributed by atoms with Crippen LogP contribution in [0.3, 0.4) is 0 Å². The highest BCUT2D eigenvalue weighted by Crippen LogP contribution is 1.86. The second-order valence-corrected chi connectivity index (χ2v) is 1.44. The van der Waals surface area contributed by atoms with E-state index >= 15 is 0 Å². The van der Waals surface area contributed by atoms with Crippen molar-refractivity contribution in [3.05, 3.63) is 11.6 Å². The molecule has 0 rings (SSSR count). The molecule has 0 aromatic carbocycles. The van der Waals surface area contributed by atoms with E-state index in [4.69, 9.17) is 4.11 Å². The number of hydrogen-bond acceptors (Lipinski definition) is 1. The van der Waals surface area contributed by atoms with Gasteiger partial charge in [0.15, 0.2) is 5.78 Å². The molecular weight excluding hydrogens is 88.1 g/mol. The predicted molar refractivity (Wildman–Crippen MR) is 30.1 cm³/mol. The molecule has 0 N–H and O–H groups in total. The van der Waals surface area contributed by atoms with Gasteiger partial charge in [-0.25, -0.2) is 0 Å². The van der Waals surface area contributed by atoms with E-state index < -0.39 is 6.85 Å². The van der Waals surface area contributed by atoms with Gasteiger partial charge in [0.05, 0.1) is 0 Å². The van der Waals surface area contributed by atoms with Gasteiger partial charge in [0.1, 0.15) is 0 Å². The van der Waals surface area contributed by atoms with E-state index in [0.717, 1.165) is 6.08 Å². The van der Waals surface area contributed by atoms with Crippen LogP contribution < -0.4 is 0 Å². The van der Waals surface area contributed by atoms with Gasteiger partial charge in [-0.2, -0.15) is 0 Å². The first-order valence-corrected chi connectivity index (χ1v) is 2.03. The van der Waals surface area contributed by atoms with Gasteiger partial charge in [0, 0.05) is 4.11 Å². The summed E-state index contributed by atoms with van der Waals surface area (Å²) in [6.07, 6.45) is 1.13. The Morgan fingerprint density at radius 3 is 2.43 bits per heavy atom. The van der Waals surface area contributed by atoms with Gasteiger partial charge in [-0.15, -0.1) is 0 Å². The van der Waals surface area contributed by atoms with Crippen molar-refractivity contribution >= 4 is 5.78 Å². The summed E-state index contributed by atoms with van der Waals surface area (Å²) in [4.78, 5) is 10.4. The number of carbonyl (C=O) groups excluding carboxylic acids is 1. The SMILES string of the molecule is [2H]C([2H])([2H])/C(C)=C\C(C)=O. The molecule has 0 unspecified atom stereocenters. The molecule has 0 aliphatic rings. The van der Waals surface area contributed by atoms with Crippen molar-refractivity contribution in [2.45, 2.75) is 20.7 Å². The molecule has 0 fully saturated rings. The molecule has 7 heavy (non-hydrogen) atoms. The molecule has 0 heterocycles. The normalized spacial score (nSPS) is 19.7. The fourth-order valence-electron chi connectivity index (χ4n) is 0.305. The largest absolute Gasteiger partial charge is 0.295 e. The fraction of sp³-hybridized carbons (Fsp3) is 0.500. The van der Waals surface area contributed by atoms with E-state index in [2.05, 4.69) is 0 Å². The lowest BCUT2D eigenvalue weighted by Gasteiger charge is -1.80. The summed E-state index contributed by atoms with van der Waals surface area (Å²) in [5.41, 5.74) is 0.139. The third-order valence-corrected chi connectivity index (χ3v) is 0.420. The van der Waals surface area contributed by atoms with Crippen LogP contribution >= 0.6 is 0 Å². The van der Waals surface area contributed by atoms with Crippen molar-refractivity contribution < 1.29 is 8.91 Å². The monoisotopic (exact) mass is 101 g/mol. The van der Waals surface area contributed by atoms with E-state index in [0.29, 0.717) is 0 Å². The highest BCUT2D eigenvalue weighted by Gasteiger charge is 1.80. The lowest BCUT2D eigenvalue weighted by atomic mass is 10.3. The topological polar surface area (TPSA) is 17.1 Å². The van der Waals surface area contributed by atoms with Crippen molar-refractivity contribution in [2.75, 3.05) is 0 Å². The Hall–Kier alpha value is -0.590. The summed E-state index contributed by atoms with van der Waals surface area (Å²) in [6, 6.07) is 0. The first-order valence-electron chi connectivity index (χ1n) is 3.53. The molecule has 1 nitrogen and oxygen atoms in total. The predicted octanol–water partition coefficient (Wildman–Crippen LogP) is 1.54. The van der Waals surface area contributed by atoms with Gasteiger partial charge in [-0.05, 0) is 26.8 Å². The van der Waals surface area contributed by atoms with Crippen LogP contribution in [0, 0.1) is 0 Å². The molecule has 0 aromatic rings. The molecule has 0 aromatic heterocycles. The Balaban J connectivity index is 4.35. The lowest BCUT2D eigenvalue weighted by molar-refractivity contribution is -0.112. The maximum Gasteiger partial charge on any atom is 0.152 e. The first kappa shape index (κ1) is 2.65. The van der Waals surface area contributed by atoms with Crippen LogP contribution in [0.5, 0.6) is 0 Å². The molecule has 0 aliphatic carbocycles. The summed E-state index contributed by atoms with van der Waals surface area (Å²) in [6.45, 7) is 0.634. The number of rotatable bonds is 1. The van der Waals surface area contributed by atoms with Crippen LogP contribution in [-0.2, 0) is 4.79 Å². The van der Waals surface area contributed by atoms with Crippen molar-refractivity contribution in [3.63, 3.8) is 0 Å². The smallest absolute Gasteiger partial charge is 0.152 e. The Morgan fingerprint density at radius 2 is 2.29 bits per heavy atom. The maximum absolute atomic E-state index is 10.4. The standard InChI is InChI=1S/C6H10O/c1-5(2)4-6(3)7/h4H,1-3H3/i1D3/b5-4+. The van der Waals surface area contributed by atoms with Gasteiger partial charge in [-0.1, -0.05) is 5.57 Å². The molecule has 0 amide bonds. The average molecular weight is 101 g/mol. The average Bonchev–Trinajstić information content (AvgIpc) is 1.60. The van der Waals surface area contributed by atoms with Gasteiger partial charge >= 0.3 is 0 Å². The van der Waals surface area contributed by atoms with Crippen molar-refractivity contribution in [1.82, 2.24) is 0 Å². The Bertz CT molecular complexity index is 166. The molecule has 40 valence electrons. The van der Waals surface area contributed by atoms with Crippen molar-refractivity contribution in [2.24, 2.45) is 0 Å².